The quantitative estimate of drug-likeness (QED) is 0.916. The average molecular weight is 341 g/mol. The molecular formula is C20H23NO2S. The first kappa shape index (κ1) is 16.9. The summed E-state index contributed by atoms with van der Waals surface area (Å²) in [7, 11) is -0.895. The minimum absolute atomic E-state index is 0.0556. The zero-order valence-electron chi connectivity index (χ0n) is 14.2. The van der Waals surface area contributed by atoms with Crippen molar-refractivity contribution in [3.05, 3.63) is 64.7 Å². The second kappa shape index (κ2) is 7.31. The van der Waals surface area contributed by atoms with Gasteiger partial charge in [0.25, 0.3) is 0 Å². The van der Waals surface area contributed by atoms with Crippen LogP contribution >= 0.6 is 0 Å². The van der Waals surface area contributed by atoms with Gasteiger partial charge < -0.3 is 5.32 Å². The summed E-state index contributed by atoms with van der Waals surface area (Å²) in [6.45, 7) is 1.98. The van der Waals surface area contributed by atoms with E-state index in [1.165, 1.54) is 5.56 Å². The molecule has 3 rings (SSSR count). The number of nitrogens with one attached hydrogen (secondary N) is 1. The number of carbonyl (C=O) groups is 1. The monoisotopic (exact) mass is 341 g/mol. The third-order valence-corrected chi connectivity index (χ3v) is 5.47. The summed E-state index contributed by atoms with van der Waals surface area (Å²) in [6.07, 6.45) is 4.68. The topological polar surface area (TPSA) is 46.2 Å². The van der Waals surface area contributed by atoms with Gasteiger partial charge in [0, 0.05) is 28.5 Å². The van der Waals surface area contributed by atoms with Gasteiger partial charge in [0.15, 0.2) is 0 Å². The Bertz CT molecular complexity index is 785. The van der Waals surface area contributed by atoms with Crippen LogP contribution in [0.2, 0.25) is 0 Å². The third-order valence-electron chi connectivity index (χ3n) is 4.75. The summed E-state index contributed by atoms with van der Waals surface area (Å²) in [5, 5.41) is 3.10. The number of rotatable bonds is 4. The van der Waals surface area contributed by atoms with E-state index in [1.807, 2.05) is 37.3 Å². The molecule has 4 heteroatoms. The van der Waals surface area contributed by atoms with Gasteiger partial charge in [-0.05, 0) is 54.5 Å². The van der Waals surface area contributed by atoms with Crippen molar-refractivity contribution in [2.45, 2.75) is 37.9 Å². The van der Waals surface area contributed by atoms with Crippen molar-refractivity contribution in [3.8, 4) is 0 Å². The van der Waals surface area contributed by atoms with Gasteiger partial charge in [-0.25, -0.2) is 0 Å². The molecule has 2 atom stereocenters. The first-order chi connectivity index (χ1) is 11.6. The largest absolute Gasteiger partial charge is 0.325 e. The van der Waals surface area contributed by atoms with E-state index < -0.39 is 10.8 Å². The van der Waals surface area contributed by atoms with E-state index >= 15 is 0 Å². The van der Waals surface area contributed by atoms with Crippen LogP contribution in [0.4, 0.5) is 5.69 Å². The Balaban J connectivity index is 1.82. The fourth-order valence-electron chi connectivity index (χ4n) is 3.44. The molecule has 1 N–H and O–H groups in total. The maximum absolute atomic E-state index is 12.8. The van der Waals surface area contributed by atoms with Crippen LogP contribution in [-0.2, 0) is 27.8 Å². The predicted molar refractivity (Wildman–Crippen MR) is 99.7 cm³/mol. The van der Waals surface area contributed by atoms with Crippen molar-refractivity contribution in [1.82, 2.24) is 0 Å². The van der Waals surface area contributed by atoms with Crippen molar-refractivity contribution in [2.24, 2.45) is 0 Å². The van der Waals surface area contributed by atoms with E-state index in [0.29, 0.717) is 5.75 Å². The van der Waals surface area contributed by atoms with Crippen LogP contribution in [0.5, 0.6) is 0 Å². The van der Waals surface area contributed by atoms with Crippen molar-refractivity contribution >= 4 is 22.4 Å². The molecule has 0 saturated carbocycles. The molecular weight excluding hydrogens is 318 g/mol. The van der Waals surface area contributed by atoms with Gasteiger partial charge in [0.1, 0.15) is 0 Å². The average Bonchev–Trinajstić information content (AvgIpc) is 2.57. The van der Waals surface area contributed by atoms with E-state index in [4.69, 9.17) is 0 Å². The number of fused-ring (bicyclic) bond motifs is 1. The highest BCUT2D eigenvalue weighted by atomic mass is 32.2. The lowest BCUT2D eigenvalue weighted by atomic mass is 9.82. The molecule has 0 unspecified atom stereocenters. The summed E-state index contributed by atoms with van der Waals surface area (Å²) in [4.78, 5) is 12.8. The van der Waals surface area contributed by atoms with E-state index in [2.05, 4.69) is 17.4 Å². The van der Waals surface area contributed by atoms with Crippen LogP contribution in [0.3, 0.4) is 0 Å². The molecule has 1 aliphatic rings. The standard InChI is InChI=1S/C20H23NO2S/c1-14-16(13-24(2)23)9-6-12-19(14)21-20(22)18-11-5-8-15-7-3-4-10-17(15)18/h3-4,6-7,9-10,12,18H,5,8,11,13H2,1-2H3,(H,21,22)/t18-,24-/m0/s1. The number of aryl methyl sites for hydroxylation is 1. The highest BCUT2D eigenvalue weighted by Gasteiger charge is 2.26. The van der Waals surface area contributed by atoms with Gasteiger partial charge in [-0.3, -0.25) is 9.00 Å². The van der Waals surface area contributed by atoms with Crippen LogP contribution in [0.15, 0.2) is 42.5 Å². The molecule has 0 saturated heterocycles. The molecule has 0 aromatic heterocycles. The number of hydrogen-bond acceptors (Lipinski definition) is 2. The fourth-order valence-corrected chi connectivity index (χ4v) is 4.19. The van der Waals surface area contributed by atoms with Crippen molar-refractivity contribution in [1.29, 1.82) is 0 Å². The molecule has 0 heterocycles. The normalized spacial score (nSPS) is 17.8. The van der Waals surface area contributed by atoms with E-state index in [9.17, 15) is 9.00 Å². The maximum Gasteiger partial charge on any atom is 0.231 e. The van der Waals surface area contributed by atoms with Crippen molar-refractivity contribution in [2.75, 3.05) is 11.6 Å². The van der Waals surface area contributed by atoms with Gasteiger partial charge in [-0.2, -0.15) is 0 Å². The number of benzene rings is 2. The fraction of sp³-hybridized carbons (Fsp3) is 0.350. The summed E-state index contributed by atoms with van der Waals surface area (Å²) in [5.41, 5.74) is 5.30. The lowest BCUT2D eigenvalue weighted by molar-refractivity contribution is -0.117. The Morgan fingerprint density at radius 1 is 1.21 bits per heavy atom. The van der Waals surface area contributed by atoms with Gasteiger partial charge in [0.2, 0.25) is 5.91 Å². The van der Waals surface area contributed by atoms with Crippen LogP contribution < -0.4 is 5.32 Å². The minimum atomic E-state index is -0.895. The van der Waals surface area contributed by atoms with E-state index in [-0.39, 0.29) is 11.8 Å². The maximum atomic E-state index is 12.8. The first-order valence-corrected chi connectivity index (χ1v) is 10.1. The molecule has 24 heavy (non-hydrogen) atoms. The summed E-state index contributed by atoms with van der Waals surface area (Å²) < 4.78 is 11.5. The Kier molecular flexibility index (Phi) is 5.14. The number of carbonyl (C=O) groups excluding carboxylic acids is 1. The zero-order valence-corrected chi connectivity index (χ0v) is 15.0. The highest BCUT2D eigenvalue weighted by molar-refractivity contribution is 7.83. The Hall–Kier alpha value is -1.94. The van der Waals surface area contributed by atoms with Gasteiger partial charge in [-0.15, -0.1) is 0 Å². The number of anilines is 1. The molecule has 0 fully saturated rings. The molecule has 1 aliphatic carbocycles. The second-order valence-electron chi connectivity index (χ2n) is 6.44. The lowest BCUT2D eigenvalue weighted by Gasteiger charge is -2.25. The van der Waals surface area contributed by atoms with Gasteiger partial charge in [0.05, 0.1) is 5.92 Å². The molecule has 0 spiro atoms. The highest BCUT2D eigenvalue weighted by Crippen LogP contribution is 2.33. The predicted octanol–water partition coefficient (Wildman–Crippen LogP) is 3.93. The van der Waals surface area contributed by atoms with Crippen molar-refractivity contribution < 1.29 is 9.00 Å². The third kappa shape index (κ3) is 3.59. The Morgan fingerprint density at radius 2 is 2.00 bits per heavy atom. The molecule has 2 aromatic rings. The van der Waals surface area contributed by atoms with E-state index in [1.54, 1.807) is 6.26 Å². The molecule has 3 nitrogen and oxygen atoms in total. The van der Waals surface area contributed by atoms with Crippen LogP contribution in [-0.4, -0.2) is 16.4 Å². The Labute approximate surface area is 145 Å². The summed E-state index contributed by atoms with van der Waals surface area (Å²) in [6, 6.07) is 14.1. The Morgan fingerprint density at radius 3 is 2.79 bits per heavy atom. The van der Waals surface area contributed by atoms with Crippen molar-refractivity contribution in [3.63, 3.8) is 0 Å². The lowest BCUT2D eigenvalue weighted by Crippen LogP contribution is -2.25. The summed E-state index contributed by atoms with van der Waals surface area (Å²) in [5.74, 6) is 0.486. The van der Waals surface area contributed by atoms with Crippen LogP contribution in [0.1, 0.15) is 41.0 Å². The number of hydrogen-bond donors (Lipinski definition) is 1. The zero-order chi connectivity index (χ0) is 17.1. The molecule has 0 radical (unpaired) electrons. The minimum Gasteiger partial charge on any atom is -0.325 e. The molecule has 0 bridgehead atoms. The smallest absolute Gasteiger partial charge is 0.231 e. The van der Waals surface area contributed by atoms with Gasteiger partial charge >= 0.3 is 0 Å². The van der Waals surface area contributed by atoms with Crippen LogP contribution in [0.25, 0.3) is 0 Å². The number of amides is 1. The van der Waals surface area contributed by atoms with Gasteiger partial charge in [-0.1, -0.05) is 36.4 Å². The first-order valence-electron chi connectivity index (χ1n) is 8.33. The molecule has 2 aromatic carbocycles. The van der Waals surface area contributed by atoms with E-state index in [0.717, 1.165) is 41.6 Å². The second-order valence-corrected chi connectivity index (χ2v) is 7.88. The summed E-state index contributed by atoms with van der Waals surface area (Å²) >= 11 is 0. The molecule has 126 valence electrons. The SMILES string of the molecule is Cc1c(C[S@](C)=O)cccc1NC(=O)[C@H]1CCCc2ccccc21. The van der Waals surface area contributed by atoms with Crippen LogP contribution in [0, 0.1) is 6.92 Å². The molecule has 1 amide bonds. The molecule has 0 aliphatic heterocycles.